The Labute approximate surface area is 131 Å². The monoisotopic (exact) mass is 331 g/mol. The molecule has 0 saturated heterocycles. The van der Waals surface area contributed by atoms with E-state index < -0.39 is 9.05 Å². The van der Waals surface area contributed by atoms with Crippen molar-refractivity contribution >= 4 is 25.6 Å². The smallest absolute Gasteiger partial charge is 0.261 e. The molecule has 1 aromatic rings. The number of carbonyl (C=O) groups is 1. The summed E-state index contributed by atoms with van der Waals surface area (Å²) in [5, 5.41) is 2.82. The molecule has 6 heteroatoms. The number of hydrogen-bond donors (Lipinski definition) is 1. The van der Waals surface area contributed by atoms with Crippen molar-refractivity contribution in [3.05, 3.63) is 28.8 Å². The van der Waals surface area contributed by atoms with Crippen molar-refractivity contribution < 1.29 is 13.2 Å². The van der Waals surface area contributed by atoms with Crippen LogP contribution in [0.5, 0.6) is 0 Å². The molecule has 0 aromatic heterocycles. The highest BCUT2D eigenvalue weighted by atomic mass is 35.7. The van der Waals surface area contributed by atoms with Crippen LogP contribution < -0.4 is 5.32 Å². The molecule has 0 radical (unpaired) electrons. The van der Waals surface area contributed by atoms with E-state index in [0.29, 0.717) is 17.7 Å². The van der Waals surface area contributed by atoms with Gasteiger partial charge in [-0.3, -0.25) is 4.79 Å². The summed E-state index contributed by atoms with van der Waals surface area (Å²) in [6.45, 7) is 10.2. The third kappa shape index (κ3) is 5.32. The molecular formula is C15H22ClNO3S. The van der Waals surface area contributed by atoms with E-state index in [2.05, 4.69) is 26.1 Å². The first-order chi connectivity index (χ1) is 9.42. The fourth-order valence-electron chi connectivity index (χ4n) is 1.99. The van der Waals surface area contributed by atoms with Gasteiger partial charge >= 0.3 is 0 Å². The Hall–Kier alpha value is -1.07. The lowest BCUT2D eigenvalue weighted by molar-refractivity contribution is 0.0948. The molecule has 0 unspecified atom stereocenters. The summed E-state index contributed by atoms with van der Waals surface area (Å²) < 4.78 is 23.0. The zero-order valence-corrected chi connectivity index (χ0v) is 14.7. The van der Waals surface area contributed by atoms with Crippen LogP contribution in [0.1, 0.15) is 48.7 Å². The summed E-state index contributed by atoms with van der Waals surface area (Å²) in [5.41, 5.74) is 1.73. The van der Waals surface area contributed by atoms with Gasteiger partial charge in [0.05, 0.1) is 4.90 Å². The van der Waals surface area contributed by atoms with E-state index in [1.54, 1.807) is 19.9 Å². The number of nitrogens with one attached hydrogen (secondary N) is 1. The Morgan fingerprint density at radius 1 is 1.19 bits per heavy atom. The number of rotatable bonds is 4. The Morgan fingerprint density at radius 2 is 1.76 bits per heavy atom. The van der Waals surface area contributed by atoms with Gasteiger partial charge in [-0.05, 0) is 42.9 Å². The predicted octanol–water partition coefficient (Wildman–Crippen LogP) is 3.40. The molecule has 0 bridgehead atoms. The number of benzene rings is 1. The summed E-state index contributed by atoms with van der Waals surface area (Å²) >= 11 is 0. The van der Waals surface area contributed by atoms with E-state index >= 15 is 0 Å². The lowest BCUT2D eigenvalue weighted by Crippen LogP contribution is -2.28. The molecule has 0 aliphatic carbocycles. The molecule has 0 saturated carbocycles. The first-order valence-corrected chi connectivity index (χ1v) is 9.07. The zero-order valence-electron chi connectivity index (χ0n) is 13.1. The highest BCUT2D eigenvalue weighted by molar-refractivity contribution is 8.13. The van der Waals surface area contributed by atoms with E-state index in [1.165, 1.54) is 6.07 Å². The van der Waals surface area contributed by atoms with Gasteiger partial charge in [0.25, 0.3) is 15.0 Å². The minimum Gasteiger partial charge on any atom is -0.352 e. The predicted molar refractivity (Wildman–Crippen MR) is 85.4 cm³/mol. The molecule has 0 aliphatic heterocycles. The maximum absolute atomic E-state index is 12.2. The Kier molecular flexibility index (Phi) is 5.45. The molecule has 0 aliphatic rings. The standard InChI is InChI=1S/C15H22ClNO3S/c1-10-8-11(2)13(21(16,19)20)9-12(10)14(18)17-7-6-15(3,4)5/h8-9H,6-7H2,1-5H3,(H,17,18). The highest BCUT2D eigenvalue weighted by Crippen LogP contribution is 2.24. The van der Waals surface area contributed by atoms with E-state index in [4.69, 9.17) is 10.7 Å². The molecule has 118 valence electrons. The van der Waals surface area contributed by atoms with Gasteiger partial charge in [0, 0.05) is 22.8 Å². The minimum absolute atomic E-state index is 0.0178. The molecule has 0 spiro atoms. The number of carbonyl (C=O) groups excluding carboxylic acids is 1. The second-order valence-electron chi connectivity index (χ2n) is 6.44. The summed E-state index contributed by atoms with van der Waals surface area (Å²) in [7, 11) is 1.54. The molecule has 1 rings (SSSR count). The number of aryl methyl sites for hydroxylation is 2. The molecule has 0 atom stereocenters. The van der Waals surface area contributed by atoms with Crippen LogP contribution in [0.15, 0.2) is 17.0 Å². The summed E-state index contributed by atoms with van der Waals surface area (Å²) in [5.74, 6) is -0.279. The van der Waals surface area contributed by atoms with Crippen LogP contribution in [-0.4, -0.2) is 20.9 Å². The van der Waals surface area contributed by atoms with Crippen LogP contribution in [0.25, 0.3) is 0 Å². The maximum Gasteiger partial charge on any atom is 0.261 e. The Balaban J connectivity index is 3.00. The van der Waals surface area contributed by atoms with Gasteiger partial charge in [0.2, 0.25) is 0 Å². The Bertz CT molecular complexity index is 646. The molecule has 0 heterocycles. The van der Waals surface area contributed by atoms with Gasteiger partial charge in [-0.25, -0.2) is 8.42 Å². The van der Waals surface area contributed by atoms with E-state index in [-0.39, 0.29) is 16.2 Å². The lowest BCUT2D eigenvalue weighted by Gasteiger charge is -2.18. The fraction of sp³-hybridized carbons (Fsp3) is 0.533. The lowest BCUT2D eigenvalue weighted by atomic mass is 9.92. The van der Waals surface area contributed by atoms with Crippen LogP contribution in [0.2, 0.25) is 0 Å². The Morgan fingerprint density at radius 3 is 2.24 bits per heavy atom. The molecule has 21 heavy (non-hydrogen) atoms. The number of halogens is 1. The summed E-state index contributed by atoms with van der Waals surface area (Å²) in [6.07, 6.45) is 0.838. The second-order valence-corrected chi connectivity index (χ2v) is 8.97. The molecule has 0 fully saturated rings. The van der Waals surface area contributed by atoms with Crippen molar-refractivity contribution in [1.29, 1.82) is 0 Å². The fourth-order valence-corrected chi connectivity index (χ4v) is 3.19. The van der Waals surface area contributed by atoms with Crippen molar-refractivity contribution in [2.45, 2.75) is 45.9 Å². The molecular weight excluding hydrogens is 310 g/mol. The average Bonchev–Trinajstić information content (AvgIpc) is 2.24. The van der Waals surface area contributed by atoms with Crippen molar-refractivity contribution in [2.75, 3.05) is 6.54 Å². The van der Waals surface area contributed by atoms with Crippen molar-refractivity contribution in [1.82, 2.24) is 5.32 Å². The van der Waals surface area contributed by atoms with E-state index in [1.807, 2.05) is 0 Å². The van der Waals surface area contributed by atoms with Gasteiger partial charge in [-0.15, -0.1) is 0 Å². The normalized spacial score (nSPS) is 12.3. The molecule has 1 amide bonds. The third-order valence-corrected chi connectivity index (χ3v) is 4.65. The minimum atomic E-state index is -3.86. The zero-order chi connectivity index (χ0) is 16.4. The average molecular weight is 332 g/mol. The van der Waals surface area contributed by atoms with Gasteiger partial charge in [-0.2, -0.15) is 0 Å². The third-order valence-electron chi connectivity index (χ3n) is 3.19. The second kappa shape index (κ2) is 6.36. The van der Waals surface area contributed by atoms with E-state index in [0.717, 1.165) is 12.0 Å². The van der Waals surface area contributed by atoms with Crippen molar-refractivity contribution in [3.63, 3.8) is 0 Å². The van der Waals surface area contributed by atoms with Crippen molar-refractivity contribution in [3.8, 4) is 0 Å². The van der Waals surface area contributed by atoms with Crippen LogP contribution in [0.3, 0.4) is 0 Å². The van der Waals surface area contributed by atoms with Gasteiger partial charge < -0.3 is 5.32 Å². The van der Waals surface area contributed by atoms with E-state index in [9.17, 15) is 13.2 Å². The van der Waals surface area contributed by atoms with Crippen LogP contribution in [-0.2, 0) is 9.05 Å². The summed E-state index contributed by atoms with van der Waals surface area (Å²) in [6, 6.07) is 3.01. The quantitative estimate of drug-likeness (QED) is 0.860. The first-order valence-electron chi connectivity index (χ1n) is 6.76. The maximum atomic E-state index is 12.2. The van der Waals surface area contributed by atoms with Gasteiger partial charge in [0.15, 0.2) is 0 Å². The number of amides is 1. The number of hydrogen-bond acceptors (Lipinski definition) is 3. The first kappa shape index (κ1) is 18.0. The van der Waals surface area contributed by atoms with Gasteiger partial charge in [0.1, 0.15) is 0 Å². The summed E-state index contributed by atoms with van der Waals surface area (Å²) in [4.78, 5) is 12.2. The van der Waals surface area contributed by atoms with Crippen LogP contribution in [0, 0.1) is 19.3 Å². The topological polar surface area (TPSA) is 63.2 Å². The SMILES string of the molecule is Cc1cc(C)c(S(=O)(=O)Cl)cc1C(=O)NCCC(C)(C)C. The largest absolute Gasteiger partial charge is 0.352 e. The van der Waals surface area contributed by atoms with Gasteiger partial charge in [-0.1, -0.05) is 26.8 Å². The molecule has 1 N–H and O–H groups in total. The van der Waals surface area contributed by atoms with Crippen LogP contribution in [0.4, 0.5) is 0 Å². The molecule has 1 aromatic carbocycles. The molecule has 4 nitrogen and oxygen atoms in total. The van der Waals surface area contributed by atoms with Crippen molar-refractivity contribution in [2.24, 2.45) is 5.41 Å². The highest BCUT2D eigenvalue weighted by Gasteiger charge is 2.19. The van der Waals surface area contributed by atoms with Crippen LogP contribution >= 0.6 is 10.7 Å².